The zero-order valence-corrected chi connectivity index (χ0v) is 21.0. The lowest BCUT2D eigenvalue weighted by Gasteiger charge is -2.35. The number of esters is 1. The molecule has 1 aliphatic heterocycles. The molecule has 3 N–H and O–H groups in total. The van der Waals surface area contributed by atoms with Gasteiger partial charge in [-0.05, 0) is 63.9 Å². The summed E-state index contributed by atoms with van der Waals surface area (Å²) in [6.45, 7) is 4.77. The largest absolute Gasteiger partial charge is 0.459 e. The van der Waals surface area contributed by atoms with E-state index < -0.39 is 17.7 Å². The van der Waals surface area contributed by atoms with E-state index in [1.165, 1.54) is 19.4 Å². The van der Waals surface area contributed by atoms with E-state index in [9.17, 15) is 14.0 Å². The highest BCUT2D eigenvalue weighted by Crippen LogP contribution is 2.32. The van der Waals surface area contributed by atoms with Crippen molar-refractivity contribution < 1.29 is 18.7 Å². The van der Waals surface area contributed by atoms with Crippen LogP contribution in [0.5, 0.6) is 0 Å². The van der Waals surface area contributed by atoms with E-state index in [4.69, 9.17) is 22.1 Å². The van der Waals surface area contributed by atoms with Crippen LogP contribution in [0.1, 0.15) is 58.4 Å². The number of ether oxygens (including phenoxy) is 1. The number of nitrogen functional groups attached to an aromatic ring is 1. The molecule has 35 heavy (non-hydrogen) atoms. The Hall–Kier alpha value is -2.84. The van der Waals surface area contributed by atoms with E-state index in [2.05, 4.69) is 22.2 Å². The Labute approximate surface area is 210 Å². The lowest BCUT2D eigenvalue weighted by atomic mass is 9.98. The Balaban J connectivity index is 1.63. The van der Waals surface area contributed by atoms with Crippen molar-refractivity contribution in [3.63, 3.8) is 0 Å². The lowest BCUT2D eigenvalue weighted by molar-refractivity contribution is 0.0211. The number of carbonyl (C=O) groups excluding carboxylic acids is 2. The van der Waals surface area contributed by atoms with Crippen LogP contribution in [0.3, 0.4) is 0 Å². The van der Waals surface area contributed by atoms with Crippen molar-refractivity contribution in [3.8, 4) is 0 Å². The van der Waals surface area contributed by atoms with Gasteiger partial charge < -0.3 is 25.6 Å². The van der Waals surface area contributed by atoms with Gasteiger partial charge in [0.25, 0.3) is 5.91 Å². The Morgan fingerprint density at radius 3 is 2.49 bits per heavy atom. The number of halogens is 2. The van der Waals surface area contributed by atoms with Crippen molar-refractivity contribution in [1.82, 2.24) is 4.90 Å². The second-order valence-corrected chi connectivity index (χ2v) is 9.79. The highest BCUT2D eigenvalue weighted by molar-refractivity contribution is 6.35. The van der Waals surface area contributed by atoms with Crippen molar-refractivity contribution >= 4 is 40.5 Å². The molecule has 9 heteroatoms. The van der Waals surface area contributed by atoms with Crippen LogP contribution in [0, 0.1) is 12.7 Å². The van der Waals surface area contributed by atoms with Crippen LogP contribution in [0.25, 0.3) is 0 Å². The molecule has 2 aliphatic rings. The summed E-state index contributed by atoms with van der Waals surface area (Å²) < 4.78 is 19.9. The van der Waals surface area contributed by atoms with E-state index in [-0.39, 0.29) is 27.9 Å². The molecule has 0 radical (unpaired) electrons. The van der Waals surface area contributed by atoms with Gasteiger partial charge in [0.05, 0.1) is 33.2 Å². The van der Waals surface area contributed by atoms with E-state index in [0.717, 1.165) is 57.5 Å². The molecular formula is C26H32ClFN4O3. The minimum absolute atomic E-state index is 0.00297. The normalized spacial score (nSPS) is 17.3. The number of carbonyl (C=O) groups is 2. The number of hydrogen-bond donors (Lipinski definition) is 2. The van der Waals surface area contributed by atoms with Crippen molar-refractivity contribution in [1.29, 1.82) is 0 Å². The zero-order chi connectivity index (χ0) is 25.1. The molecule has 7 nitrogen and oxygen atoms in total. The predicted octanol–water partition coefficient (Wildman–Crippen LogP) is 4.86. The zero-order valence-electron chi connectivity index (χ0n) is 20.2. The number of amides is 1. The average Bonchev–Trinajstić information content (AvgIpc) is 2.86. The quantitative estimate of drug-likeness (QED) is 0.448. The molecule has 1 saturated heterocycles. The van der Waals surface area contributed by atoms with Gasteiger partial charge in [0.2, 0.25) is 0 Å². The van der Waals surface area contributed by atoms with Gasteiger partial charge in [-0.25, -0.2) is 9.18 Å². The Kier molecular flexibility index (Phi) is 7.82. The molecular weight excluding hydrogens is 471 g/mol. The minimum Gasteiger partial charge on any atom is -0.459 e. The summed E-state index contributed by atoms with van der Waals surface area (Å²) in [6.07, 6.45) is 4.96. The number of nitrogens with one attached hydrogen (secondary N) is 1. The van der Waals surface area contributed by atoms with Gasteiger partial charge in [-0.2, -0.15) is 0 Å². The maximum atomic E-state index is 14.1. The van der Waals surface area contributed by atoms with Gasteiger partial charge in [0, 0.05) is 31.7 Å². The van der Waals surface area contributed by atoms with E-state index in [1.54, 1.807) is 12.1 Å². The second kappa shape index (κ2) is 10.8. The summed E-state index contributed by atoms with van der Waals surface area (Å²) in [7, 11) is 2.06. The maximum Gasteiger partial charge on any atom is 0.338 e. The first-order valence-electron chi connectivity index (χ1n) is 12.1. The Morgan fingerprint density at radius 1 is 1.11 bits per heavy atom. The standard InChI is InChI=1S/C26H32ClFN4O3/c1-16-23(27)19(15-20(29)24(16)28)25(33)30-21-14-17(26(34)35-18-6-4-3-5-7-18)8-9-22(21)32-12-10-31(2)11-13-32/h8-9,14-15,18H,3-7,10-13,29H2,1-2H3,(H,30,33). The fourth-order valence-electron chi connectivity index (χ4n) is 4.64. The van der Waals surface area contributed by atoms with Gasteiger partial charge in [-0.1, -0.05) is 18.0 Å². The third-order valence-electron chi connectivity index (χ3n) is 6.84. The fraction of sp³-hybridized carbons (Fsp3) is 0.462. The number of anilines is 3. The molecule has 4 rings (SSSR count). The van der Waals surface area contributed by atoms with Crippen molar-refractivity contribution in [2.75, 3.05) is 49.2 Å². The number of likely N-dealkylation sites (N-methyl/N-ethyl adjacent to an activating group) is 1. The third kappa shape index (κ3) is 5.70. The maximum absolute atomic E-state index is 14.1. The van der Waals surface area contributed by atoms with Crippen LogP contribution in [-0.2, 0) is 4.74 Å². The van der Waals surface area contributed by atoms with Crippen LogP contribution in [0.4, 0.5) is 21.5 Å². The van der Waals surface area contributed by atoms with E-state index in [0.29, 0.717) is 11.3 Å². The topological polar surface area (TPSA) is 87.9 Å². The van der Waals surface area contributed by atoms with Crippen LogP contribution in [0.2, 0.25) is 5.02 Å². The predicted molar refractivity (Wildman–Crippen MR) is 137 cm³/mol. The third-order valence-corrected chi connectivity index (χ3v) is 7.33. The number of hydrogen-bond acceptors (Lipinski definition) is 6. The van der Waals surface area contributed by atoms with Gasteiger partial charge in [0.15, 0.2) is 5.82 Å². The molecule has 188 valence electrons. The molecule has 2 aromatic carbocycles. The van der Waals surface area contributed by atoms with E-state index in [1.807, 2.05) is 6.07 Å². The van der Waals surface area contributed by atoms with Crippen LogP contribution < -0.4 is 16.0 Å². The highest BCUT2D eigenvalue weighted by Gasteiger charge is 2.24. The number of nitrogens with zero attached hydrogens (tertiary/aromatic N) is 2. The summed E-state index contributed by atoms with van der Waals surface area (Å²) in [5, 5.41) is 2.89. The minimum atomic E-state index is -0.642. The summed E-state index contributed by atoms with van der Waals surface area (Å²) >= 11 is 6.28. The second-order valence-electron chi connectivity index (χ2n) is 9.41. The number of piperazine rings is 1. The Bertz CT molecular complexity index is 1110. The molecule has 2 aromatic rings. The van der Waals surface area contributed by atoms with Gasteiger partial charge in [0.1, 0.15) is 6.10 Å². The molecule has 0 aromatic heterocycles. The monoisotopic (exact) mass is 502 g/mol. The first kappa shape index (κ1) is 25.3. The average molecular weight is 503 g/mol. The summed E-state index contributed by atoms with van der Waals surface area (Å²) in [5.74, 6) is -1.58. The molecule has 1 amide bonds. The number of benzene rings is 2. The van der Waals surface area contributed by atoms with Crippen molar-refractivity contribution in [2.24, 2.45) is 0 Å². The number of nitrogens with two attached hydrogens (primary N) is 1. The molecule has 0 unspecified atom stereocenters. The first-order valence-corrected chi connectivity index (χ1v) is 12.5. The van der Waals surface area contributed by atoms with Crippen molar-refractivity contribution in [2.45, 2.75) is 45.1 Å². The van der Waals surface area contributed by atoms with Crippen LogP contribution in [0.15, 0.2) is 24.3 Å². The van der Waals surface area contributed by atoms with Crippen molar-refractivity contribution in [3.05, 3.63) is 51.8 Å². The summed E-state index contributed by atoms with van der Waals surface area (Å²) in [4.78, 5) is 30.5. The number of rotatable bonds is 5. The lowest BCUT2D eigenvalue weighted by Crippen LogP contribution is -2.44. The van der Waals surface area contributed by atoms with E-state index >= 15 is 0 Å². The summed E-state index contributed by atoms with van der Waals surface area (Å²) in [5.41, 5.74) is 7.41. The molecule has 0 atom stereocenters. The molecule has 0 bridgehead atoms. The van der Waals surface area contributed by atoms with Crippen LogP contribution >= 0.6 is 11.6 Å². The molecule has 0 spiro atoms. The fourth-order valence-corrected chi connectivity index (χ4v) is 4.86. The van der Waals surface area contributed by atoms with Gasteiger partial charge in [-0.15, -0.1) is 0 Å². The molecule has 2 fully saturated rings. The highest BCUT2D eigenvalue weighted by atomic mass is 35.5. The van der Waals surface area contributed by atoms with Gasteiger partial charge in [-0.3, -0.25) is 4.79 Å². The molecule has 1 heterocycles. The Morgan fingerprint density at radius 2 is 1.80 bits per heavy atom. The smallest absolute Gasteiger partial charge is 0.338 e. The SMILES string of the molecule is Cc1c(F)c(N)cc(C(=O)Nc2cc(C(=O)OC3CCCCC3)ccc2N2CCN(C)CC2)c1Cl. The molecule has 1 saturated carbocycles. The van der Waals surface area contributed by atoms with Gasteiger partial charge >= 0.3 is 5.97 Å². The summed E-state index contributed by atoms with van der Waals surface area (Å²) in [6, 6.07) is 6.45. The van der Waals surface area contributed by atoms with Crippen LogP contribution in [-0.4, -0.2) is 56.1 Å². The molecule has 1 aliphatic carbocycles. The first-order chi connectivity index (χ1) is 16.7.